The van der Waals surface area contributed by atoms with Crippen molar-refractivity contribution >= 4 is 38.3 Å². The predicted octanol–water partition coefficient (Wildman–Crippen LogP) is 5.65. The molecule has 1 unspecified atom stereocenters. The zero-order chi connectivity index (χ0) is 23.9. The van der Waals surface area contributed by atoms with Crippen molar-refractivity contribution < 1.29 is 13.2 Å². The minimum atomic E-state index is -3.59. The Bertz CT molecular complexity index is 1300. The largest absolute Gasteiger partial charge is 0.333 e. The summed E-state index contributed by atoms with van der Waals surface area (Å²) in [7, 11) is -3.59. The maximum absolute atomic E-state index is 13.6. The molecule has 1 aliphatic heterocycles. The van der Waals surface area contributed by atoms with Gasteiger partial charge in [0.2, 0.25) is 15.9 Å². The Kier molecular flexibility index (Phi) is 6.40. The first-order valence-corrected chi connectivity index (χ1v) is 13.7. The lowest BCUT2D eigenvalue weighted by atomic mass is 9.95. The molecule has 1 saturated carbocycles. The highest BCUT2D eigenvalue weighted by molar-refractivity contribution is 7.89. The van der Waals surface area contributed by atoms with Crippen molar-refractivity contribution in [2.24, 2.45) is 5.92 Å². The molecule has 1 aliphatic carbocycles. The topological polar surface area (TPSA) is 57.7 Å². The van der Waals surface area contributed by atoms with Crippen molar-refractivity contribution in [1.29, 1.82) is 0 Å². The highest BCUT2D eigenvalue weighted by Gasteiger charge is 2.41. The van der Waals surface area contributed by atoms with Crippen LogP contribution in [0.5, 0.6) is 0 Å². The van der Waals surface area contributed by atoms with Crippen LogP contribution in [-0.2, 0) is 14.8 Å². The van der Waals surface area contributed by atoms with Crippen molar-refractivity contribution in [3.63, 3.8) is 0 Å². The number of piperidine rings is 1. The van der Waals surface area contributed by atoms with Crippen molar-refractivity contribution in [2.45, 2.75) is 49.6 Å². The molecule has 178 valence electrons. The maximum Gasteiger partial charge on any atom is 0.243 e. The van der Waals surface area contributed by atoms with E-state index in [0.717, 1.165) is 29.2 Å². The molecule has 2 fully saturated rings. The van der Waals surface area contributed by atoms with E-state index < -0.39 is 10.0 Å². The van der Waals surface area contributed by atoms with Crippen LogP contribution < -0.4 is 0 Å². The van der Waals surface area contributed by atoms with Gasteiger partial charge in [-0.3, -0.25) is 4.79 Å². The minimum absolute atomic E-state index is 0.0309. The molecule has 0 spiro atoms. The molecule has 5 rings (SSSR count). The molecule has 2 aliphatic rings. The Morgan fingerprint density at radius 3 is 2.24 bits per heavy atom. The number of sulfonamides is 1. The van der Waals surface area contributed by atoms with Gasteiger partial charge in [0.25, 0.3) is 0 Å². The van der Waals surface area contributed by atoms with Gasteiger partial charge < -0.3 is 4.90 Å². The number of carbonyl (C=O) groups excluding carboxylic acids is 1. The highest BCUT2D eigenvalue weighted by Crippen LogP contribution is 2.37. The third-order valence-electron chi connectivity index (χ3n) is 7.13. The van der Waals surface area contributed by atoms with Crippen LogP contribution in [0.15, 0.2) is 71.6 Å². The first-order chi connectivity index (χ1) is 16.3. The summed E-state index contributed by atoms with van der Waals surface area (Å²) in [5.74, 6) is -0.00823. The summed E-state index contributed by atoms with van der Waals surface area (Å²) in [6, 6.07) is 20.9. The lowest BCUT2D eigenvalue weighted by molar-refractivity contribution is -0.139. The van der Waals surface area contributed by atoms with E-state index in [2.05, 4.69) is 6.92 Å². The molecule has 1 saturated heterocycles. The van der Waals surface area contributed by atoms with E-state index >= 15 is 0 Å². The van der Waals surface area contributed by atoms with Gasteiger partial charge in [0.05, 0.1) is 10.9 Å². The molecule has 0 radical (unpaired) electrons. The average molecular weight is 497 g/mol. The van der Waals surface area contributed by atoms with Gasteiger partial charge in [-0.1, -0.05) is 54.1 Å². The van der Waals surface area contributed by atoms with Crippen molar-refractivity contribution in [3.05, 3.63) is 77.3 Å². The van der Waals surface area contributed by atoms with E-state index in [1.165, 1.54) is 4.31 Å². The maximum atomic E-state index is 13.6. The molecule has 3 aromatic rings. The fraction of sp³-hybridized carbons (Fsp3) is 0.370. The second-order valence-corrected chi connectivity index (χ2v) is 11.8. The number of carbonyl (C=O) groups is 1. The highest BCUT2D eigenvalue weighted by atomic mass is 35.5. The van der Waals surface area contributed by atoms with Crippen LogP contribution in [0.2, 0.25) is 5.02 Å². The van der Waals surface area contributed by atoms with Crippen LogP contribution in [0.3, 0.4) is 0 Å². The zero-order valence-electron chi connectivity index (χ0n) is 19.2. The van der Waals surface area contributed by atoms with Gasteiger partial charge in [-0.15, -0.1) is 0 Å². The van der Waals surface area contributed by atoms with Crippen LogP contribution in [0, 0.1) is 5.92 Å². The zero-order valence-corrected chi connectivity index (χ0v) is 20.8. The summed E-state index contributed by atoms with van der Waals surface area (Å²) in [4.78, 5) is 15.9. The summed E-state index contributed by atoms with van der Waals surface area (Å²) in [6.45, 7) is 2.79. The molecule has 1 heterocycles. The number of benzene rings is 3. The quantitative estimate of drug-likeness (QED) is 0.443. The fourth-order valence-electron chi connectivity index (χ4n) is 4.97. The Morgan fingerprint density at radius 1 is 0.941 bits per heavy atom. The van der Waals surface area contributed by atoms with Crippen LogP contribution >= 0.6 is 11.6 Å². The van der Waals surface area contributed by atoms with Crippen LogP contribution in [0.25, 0.3) is 10.8 Å². The van der Waals surface area contributed by atoms with Gasteiger partial charge in [-0.25, -0.2) is 8.42 Å². The van der Waals surface area contributed by atoms with Crippen molar-refractivity contribution in [1.82, 2.24) is 9.21 Å². The monoisotopic (exact) mass is 496 g/mol. The van der Waals surface area contributed by atoms with Crippen molar-refractivity contribution in [3.8, 4) is 0 Å². The Morgan fingerprint density at radius 2 is 1.59 bits per heavy atom. The lowest BCUT2D eigenvalue weighted by Gasteiger charge is -2.36. The molecular formula is C27H29ClN2O3S. The molecule has 0 aromatic heterocycles. The van der Waals surface area contributed by atoms with E-state index in [1.807, 2.05) is 59.5 Å². The fourth-order valence-corrected chi connectivity index (χ4v) is 6.60. The van der Waals surface area contributed by atoms with Gasteiger partial charge in [0.15, 0.2) is 0 Å². The number of nitrogens with zero attached hydrogens (tertiary/aromatic N) is 2. The molecule has 3 aromatic carbocycles. The number of amides is 1. The number of rotatable bonds is 6. The first-order valence-electron chi connectivity index (χ1n) is 11.9. The molecule has 34 heavy (non-hydrogen) atoms. The second-order valence-electron chi connectivity index (χ2n) is 9.39. The average Bonchev–Trinajstić information content (AvgIpc) is 3.69. The summed E-state index contributed by atoms with van der Waals surface area (Å²) in [5, 5.41) is 2.60. The number of hydrogen-bond acceptors (Lipinski definition) is 3. The van der Waals surface area contributed by atoms with Crippen LogP contribution in [-0.4, -0.2) is 42.7 Å². The van der Waals surface area contributed by atoms with E-state index in [4.69, 9.17) is 11.6 Å². The summed E-state index contributed by atoms with van der Waals surface area (Å²) < 4.78 is 28.1. The number of fused-ring (bicyclic) bond motifs is 1. The number of halogens is 1. The summed E-state index contributed by atoms with van der Waals surface area (Å²) >= 11 is 6.04. The molecule has 0 N–H and O–H groups in total. The van der Waals surface area contributed by atoms with E-state index in [1.54, 1.807) is 12.1 Å². The van der Waals surface area contributed by atoms with Gasteiger partial charge in [-0.05, 0) is 73.2 Å². The standard InChI is InChI=1S/C27H29ClN2O3S/c1-19(20-6-9-24(28)10-7-20)30(25-11-12-25)27(31)22-14-16-29(17-15-22)34(32,33)26-13-8-21-4-2-3-5-23(21)18-26/h2-10,13,18-19,22,25H,11-12,14-17H2,1H3. The lowest BCUT2D eigenvalue weighted by Crippen LogP contribution is -2.45. The van der Waals surface area contributed by atoms with E-state index in [-0.39, 0.29) is 23.9 Å². The smallest absolute Gasteiger partial charge is 0.243 e. The van der Waals surface area contributed by atoms with Gasteiger partial charge in [-0.2, -0.15) is 4.31 Å². The molecule has 5 nitrogen and oxygen atoms in total. The van der Waals surface area contributed by atoms with Gasteiger partial charge in [0.1, 0.15) is 0 Å². The second kappa shape index (κ2) is 9.33. The van der Waals surface area contributed by atoms with E-state index in [0.29, 0.717) is 35.8 Å². The molecule has 1 amide bonds. The Balaban J connectivity index is 1.28. The SMILES string of the molecule is CC(c1ccc(Cl)cc1)N(C(=O)C1CCN(S(=O)(=O)c2ccc3ccccc3c2)CC1)C1CC1. The van der Waals surface area contributed by atoms with E-state index in [9.17, 15) is 13.2 Å². The van der Waals surface area contributed by atoms with Gasteiger partial charge in [0, 0.05) is 30.1 Å². The third kappa shape index (κ3) is 4.59. The molecular weight excluding hydrogens is 468 g/mol. The summed E-state index contributed by atoms with van der Waals surface area (Å²) in [6.07, 6.45) is 3.14. The van der Waals surface area contributed by atoms with Crippen molar-refractivity contribution in [2.75, 3.05) is 13.1 Å². The van der Waals surface area contributed by atoms with Gasteiger partial charge >= 0.3 is 0 Å². The minimum Gasteiger partial charge on any atom is -0.333 e. The first kappa shape index (κ1) is 23.3. The Labute approximate surface area is 206 Å². The third-order valence-corrected chi connectivity index (χ3v) is 9.27. The molecule has 7 heteroatoms. The van der Waals surface area contributed by atoms with Crippen LogP contribution in [0.1, 0.15) is 44.2 Å². The predicted molar refractivity (Wildman–Crippen MR) is 135 cm³/mol. The number of hydrogen-bond donors (Lipinski definition) is 0. The molecule has 1 atom stereocenters. The summed E-state index contributed by atoms with van der Waals surface area (Å²) in [5.41, 5.74) is 1.07. The van der Waals surface area contributed by atoms with Crippen LogP contribution in [0.4, 0.5) is 0 Å². The Hall–Kier alpha value is -2.41. The molecule has 0 bridgehead atoms. The normalized spacial score (nSPS) is 18.6.